The molecule has 2 heterocycles. The summed E-state index contributed by atoms with van der Waals surface area (Å²) in [7, 11) is 0. The molecule has 2 aliphatic rings. The van der Waals surface area contributed by atoms with E-state index in [1.54, 1.807) is 4.90 Å². The van der Waals surface area contributed by atoms with Gasteiger partial charge >= 0.3 is 12.0 Å². The Morgan fingerprint density at radius 2 is 1.74 bits per heavy atom. The predicted molar refractivity (Wildman–Crippen MR) is 151 cm³/mol. The van der Waals surface area contributed by atoms with Gasteiger partial charge in [-0.3, -0.25) is 14.6 Å². The molecule has 3 aromatic carbocycles. The van der Waals surface area contributed by atoms with Gasteiger partial charge in [-0.25, -0.2) is 4.79 Å². The third kappa shape index (κ3) is 5.11. The van der Waals surface area contributed by atoms with Crippen LogP contribution in [0.2, 0.25) is 0 Å². The second-order valence-electron chi connectivity index (χ2n) is 10.5. The fraction of sp³-hybridized carbons (Fsp3) is 0.355. The van der Waals surface area contributed by atoms with Crippen LogP contribution in [0.3, 0.4) is 0 Å². The summed E-state index contributed by atoms with van der Waals surface area (Å²) in [6, 6.07) is 24.6. The van der Waals surface area contributed by atoms with Crippen molar-refractivity contribution in [2.45, 2.75) is 57.7 Å². The van der Waals surface area contributed by atoms with Gasteiger partial charge in [0, 0.05) is 31.7 Å². The van der Waals surface area contributed by atoms with Gasteiger partial charge in [0.2, 0.25) is 0 Å². The lowest BCUT2D eigenvalue weighted by molar-refractivity contribution is -0.137. The van der Waals surface area contributed by atoms with Crippen LogP contribution in [0.15, 0.2) is 72.8 Å². The van der Waals surface area contributed by atoms with E-state index in [0.29, 0.717) is 18.5 Å². The van der Waals surface area contributed by atoms with Crippen molar-refractivity contribution in [3.8, 4) is 0 Å². The van der Waals surface area contributed by atoms with E-state index in [0.717, 1.165) is 54.2 Å². The molecule has 2 bridgehead atoms. The standard InChI is InChI=1S/C31H36N4O3/c1-3-23(16-30(36)37)24-13-14-28(29(15-24)35(31(32)38)27-12-8-7-9-21(27)2)34-20-25-17-26(34)19-33(25)18-22-10-5-4-6-11-22/h4-15,23,25-26H,3,16-20H2,1-2H3,(H2,32,38)(H,36,37)/t23?,25-,26-/m0/s1. The molecule has 2 amide bonds. The SMILES string of the molecule is CCC(CC(=O)O)c1ccc(N2C[C@@H]3C[C@H]2CN3Cc2ccccc2)c(N(C(N)=O)c2ccccc2C)c1. The molecule has 3 N–H and O–H groups in total. The van der Waals surface area contributed by atoms with Crippen molar-refractivity contribution in [2.75, 3.05) is 22.9 Å². The summed E-state index contributed by atoms with van der Waals surface area (Å²) in [6.45, 7) is 6.73. The van der Waals surface area contributed by atoms with E-state index in [1.165, 1.54) is 5.56 Å². The molecule has 38 heavy (non-hydrogen) atoms. The van der Waals surface area contributed by atoms with Gasteiger partial charge in [0.1, 0.15) is 0 Å². The minimum absolute atomic E-state index is 0.0408. The lowest BCUT2D eigenvalue weighted by Crippen LogP contribution is -2.46. The number of nitrogens with zero attached hydrogens (tertiary/aromatic N) is 3. The Balaban J connectivity index is 1.51. The number of amides is 2. The van der Waals surface area contributed by atoms with E-state index in [4.69, 9.17) is 5.73 Å². The first kappa shape index (κ1) is 25.8. The molecule has 3 atom stereocenters. The van der Waals surface area contributed by atoms with Crippen LogP contribution in [0.5, 0.6) is 0 Å². The lowest BCUT2D eigenvalue weighted by atomic mass is 9.92. The Labute approximate surface area is 224 Å². The monoisotopic (exact) mass is 512 g/mol. The summed E-state index contributed by atoms with van der Waals surface area (Å²) in [6.07, 6.45) is 1.81. The van der Waals surface area contributed by atoms with Crippen LogP contribution >= 0.6 is 0 Å². The van der Waals surface area contributed by atoms with Gasteiger partial charge < -0.3 is 15.7 Å². The minimum atomic E-state index is -0.830. The molecule has 0 aliphatic carbocycles. The number of carbonyl (C=O) groups excluding carboxylic acids is 1. The average Bonchev–Trinajstić information content (AvgIpc) is 3.49. The second kappa shape index (κ2) is 10.9. The number of hydrogen-bond acceptors (Lipinski definition) is 4. The number of piperazine rings is 1. The highest BCUT2D eigenvalue weighted by Crippen LogP contribution is 2.44. The number of aryl methyl sites for hydroxylation is 1. The van der Waals surface area contributed by atoms with Crippen LogP contribution in [0.4, 0.5) is 21.9 Å². The molecule has 0 aromatic heterocycles. The Kier molecular flexibility index (Phi) is 7.38. The van der Waals surface area contributed by atoms with E-state index in [9.17, 15) is 14.7 Å². The van der Waals surface area contributed by atoms with Crippen molar-refractivity contribution in [3.05, 3.63) is 89.5 Å². The van der Waals surface area contributed by atoms with Crippen molar-refractivity contribution >= 4 is 29.1 Å². The van der Waals surface area contributed by atoms with Crippen LogP contribution in [0, 0.1) is 6.92 Å². The zero-order chi connectivity index (χ0) is 26.8. The van der Waals surface area contributed by atoms with Gasteiger partial charge in [0.05, 0.1) is 23.5 Å². The fourth-order valence-electron chi connectivity index (χ4n) is 6.16. The van der Waals surface area contributed by atoms with Crippen LogP contribution in [0.25, 0.3) is 0 Å². The molecule has 7 nitrogen and oxygen atoms in total. The molecular weight excluding hydrogens is 476 g/mol. The number of rotatable bonds is 9. The maximum atomic E-state index is 13.0. The number of anilines is 3. The van der Waals surface area contributed by atoms with Crippen molar-refractivity contribution in [1.29, 1.82) is 0 Å². The molecule has 0 radical (unpaired) electrons. The first-order valence-electron chi connectivity index (χ1n) is 13.4. The number of carboxylic acids is 1. The predicted octanol–water partition coefficient (Wildman–Crippen LogP) is 5.64. The number of carbonyl (C=O) groups is 2. The van der Waals surface area contributed by atoms with Gasteiger partial charge in [0.15, 0.2) is 0 Å². The molecular formula is C31H36N4O3. The highest BCUT2D eigenvalue weighted by atomic mass is 16.4. The second-order valence-corrected chi connectivity index (χ2v) is 10.5. The molecule has 0 saturated carbocycles. The topological polar surface area (TPSA) is 90.1 Å². The lowest BCUT2D eigenvalue weighted by Gasteiger charge is -2.38. The Hall–Kier alpha value is -3.84. The van der Waals surface area contributed by atoms with Gasteiger partial charge in [-0.05, 0) is 60.6 Å². The van der Waals surface area contributed by atoms with Gasteiger partial charge in [-0.2, -0.15) is 0 Å². The molecule has 2 saturated heterocycles. The third-order valence-corrected chi connectivity index (χ3v) is 8.09. The summed E-state index contributed by atoms with van der Waals surface area (Å²) < 4.78 is 0. The maximum Gasteiger partial charge on any atom is 0.323 e. The van der Waals surface area contributed by atoms with E-state index in [-0.39, 0.29) is 12.3 Å². The molecule has 7 heteroatoms. The Morgan fingerprint density at radius 1 is 1.00 bits per heavy atom. The number of nitrogens with two attached hydrogens (primary N) is 1. The van der Waals surface area contributed by atoms with Crippen LogP contribution in [-0.4, -0.2) is 47.2 Å². The number of likely N-dealkylation sites (tertiary alicyclic amines) is 1. The summed E-state index contributed by atoms with van der Waals surface area (Å²) >= 11 is 0. The number of urea groups is 1. The van der Waals surface area contributed by atoms with Gasteiger partial charge in [0.25, 0.3) is 0 Å². The number of fused-ring (bicyclic) bond motifs is 2. The Bertz CT molecular complexity index is 1310. The molecule has 2 aliphatic heterocycles. The smallest absolute Gasteiger partial charge is 0.323 e. The molecule has 3 aromatic rings. The van der Waals surface area contributed by atoms with Crippen molar-refractivity contribution < 1.29 is 14.7 Å². The van der Waals surface area contributed by atoms with Crippen LogP contribution in [0.1, 0.15) is 48.8 Å². The fourth-order valence-corrected chi connectivity index (χ4v) is 6.16. The quantitative estimate of drug-likeness (QED) is 0.387. The largest absolute Gasteiger partial charge is 0.481 e. The average molecular weight is 513 g/mol. The summed E-state index contributed by atoms with van der Waals surface area (Å²) in [5.74, 6) is -0.980. The highest BCUT2D eigenvalue weighted by Gasteiger charge is 2.44. The minimum Gasteiger partial charge on any atom is -0.481 e. The maximum absolute atomic E-state index is 13.0. The zero-order valence-corrected chi connectivity index (χ0v) is 22.1. The Morgan fingerprint density at radius 3 is 2.37 bits per heavy atom. The van der Waals surface area contributed by atoms with Crippen LogP contribution < -0.4 is 15.5 Å². The molecule has 0 spiro atoms. The highest BCUT2D eigenvalue weighted by molar-refractivity contribution is 6.02. The molecule has 5 rings (SSSR count). The van der Waals surface area contributed by atoms with Gasteiger partial charge in [-0.1, -0.05) is 61.5 Å². The van der Waals surface area contributed by atoms with Crippen molar-refractivity contribution in [2.24, 2.45) is 5.73 Å². The van der Waals surface area contributed by atoms with E-state index < -0.39 is 12.0 Å². The third-order valence-electron chi connectivity index (χ3n) is 8.09. The van der Waals surface area contributed by atoms with E-state index in [2.05, 4.69) is 40.1 Å². The summed E-state index contributed by atoms with van der Waals surface area (Å²) in [4.78, 5) is 31.1. The zero-order valence-electron chi connectivity index (χ0n) is 22.1. The number of benzene rings is 3. The van der Waals surface area contributed by atoms with Gasteiger partial charge in [-0.15, -0.1) is 0 Å². The first-order chi connectivity index (χ1) is 18.4. The number of para-hydroxylation sites is 1. The summed E-state index contributed by atoms with van der Waals surface area (Å²) in [5, 5.41) is 9.49. The number of hydrogen-bond donors (Lipinski definition) is 2. The molecule has 2 fully saturated rings. The number of aliphatic carboxylic acids is 1. The number of primary amides is 1. The van der Waals surface area contributed by atoms with E-state index in [1.807, 2.05) is 56.3 Å². The number of carboxylic acid groups (broad SMARTS) is 1. The van der Waals surface area contributed by atoms with E-state index >= 15 is 0 Å². The van der Waals surface area contributed by atoms with Crippen molar-refractivity contribution in [3.63, 3.8) is 0 Å². The van der Waals surface area contributed by atoms with Crippen LogP contribution in [-0.2, 0) is 11.3 Å². The normalized spacial score (nSPS) is 19.5. The molecule has 1 unspecified atom stereocenters. The van der Waals surface area contributed by atoms with Crippen molar-refractivity contribution in [1.82, 2.24) is 4.90 Å². The molecule has 198 valence electrons. The first-order valence-corrected chi connectivity index (χ1v) is 13.4. The summed E-state index contributed by atoms with van der Waals surface area (Å²) in [5.41, 5.74) is 11.6.